The molecule has 2 fully saturated rings. The predicted molar refractivity (Wildman–Crippen MR) is 79.2 cm³/mol. The molecule has 4 heteroatoms. The van der Waals surface area contributed by atoms with Crippen LogP contribution in [0.15, 0.2) is 0 Å². The minimum atomic E-state index is -0.662. The van der Waals surface area contributed by atoms with E-state index in [9.17, 15) is 9.59 Å². The van der Waals surface area contributed by atoms with Gasteiger partial charge in [0.1, 0.15) is 5.54 Å². The van der Waals surface area contributed by atoms with Crippen LogP contribution in [-0.4, -0.2) is 34.8 Å². The van der Waals surface area contributed by atoms with Crippen LogP contribution in [0.1, 0.15) is 65.7 Å². The molecule has 1 N–H and O–H groups in total. The molecule has 20 heavy (non-hydrogen) atoms. The van der Waals surface area contributed by atoms with Gasteiger partial charge >= 0.3 is 0 Å². The fourth-order valence-electron chi connectivity index (χ4n) is 3.93. The number of carbonyl (C=O) groups is 2. The van der Waals surface area contributed by atoms with Crippen molar-refractivity contribution in [3.05, 3.63) is 0 Å². The van der Waals surface area contributed by atoms with E-state index in [1.807, 2.05) is 18.7 Å². The van der Waals surface area contributed by atoms with Gasteiger partial charge in [0.05, 0.1) is 6.54 Å². The Morgan fingerprint density at radius 3 is 2.40 bits per heavy atom. The zero-order chi connectivity index (χ0) is 14.8. The maximum atomic E-state index is 12.9. The molecule has 1 heterocycles. The summed E-state index contributed by atoms with van der Waals surface area (Å²) in [5.41, 5.74) is -0.662. The molecule has 0 aromatic heterocycles. The van der Waals surface area contributed by atoms with Crippen LogP contribution >= 0.6 is 0 Å². The number of rotatable bonds is 4. The van der Waals surface area contributed by atoms with Crippen molar-refractivity contribution in [3.8, 4) is 0 Å². The molecular formula is C16H28N2O2. The lowest BCUT2D eigenvalue weighted by Crippen LogP contribution is -2.68. The minimum Gasteiger partial charge on any atom is -0.340 e. The summed E-state index contributed by atoms with van der Waals surface area (Å²) in [5, 5.41) is 2.95. The summed E-state index contributed by atoms with van der Waals surface area (Å²) in [6, 6.07) is 0.268. The van der Waals surface area contributed by atoms with Gasteiger partial charge in [-0.2, -0.15) is 0 Å². The highest BCUT2D eigenvalue weighted by atomic mass is 16.2. The second-order valence-electron chi connectivity index (χ2n) is 6.29. The van der Waals surface area contributed by atoms with Crippen molar-refractivity contribution in [2.75, 3.05) is 6.54 Å². The van der Waals surface area contributed by atoms with Crippen molar-refractivity contribution in [1.82, 2.24) is 10.2 Å². The lowest BCUT2D eigenvalue weighted by atomic mass is 9.79. The van der Waals surface area contributed by atoms with Gasteiger partial charge in [-0.25, -0.2) is 0 Å². The molecule has 1 saturated heterocycles. The third-order valence-corrected chi connectivity index (χ3v) is 5.36. The summed E-state index contributed by atoms with van der Waals surface area (Å²) >= 11 is 0. The average molecular weight is 280 g/mol. The number of amides is 2. The smallest absolute Gasteiger partial charge is 0.249 e. The van der Waals surface area contributed by atoms with Crippen LogP contribution in [-0.2, 0) is 9.59 Å². The predicted octanol–water partition coefficient (Wildman–Crippen LogP) is 2.47. The first-order chi connectivity index (χ1) is 9.57. The minimum absolute atomic E-state index is 0.00808. The van der Waals surface area contributed by atoms with Gasteiger partial charge < -0.3 is 10.2 Å². The van der Waals surface area contributed by atoms with Gasteiger partial charge in [-0.05, 0) is 31.6 Å². The Bertz CT molecular complexity index is 377. The van der Waals surface area contributed by atoms with Gasteiger partial charge in [-0.15, -0.1) is 0 Å². The number of nitrogens with zero attached hydrogens (tertiary/aromatic N) is 1. The summed E-state index contributed by atoms with van der Waals surface area (Å²) in [6.45, 7) is 6.43. The van der Waals surface area contributed by atoms with E-state index in [-0.39, 0.29) is 24.4 Å². The van der Waals surface area contributed by atoms with Crippen molar-refractivity contribution < 1.29 is 9.59 Å². The Kier molecular flexibility index (Phi) is 4.71. The number of nitrogens with one attached hydrogen (secondary N) is 1. The molecule has 2 rings (SSSR count). The topological polar surface area (TPSA) is 49.4 Å². The molecule has 2 aliphatic rings. The lowest BCUT2D eigenvalue weighted by molar-refractivity contribution is -0.155. The van der Waals surface area contributed by atoms with E-state index in [0.717, 1.165) is 12.8 Å². The first-order valence-electron chi connectivity index (χ1n) is 8.20. The van der Waals surface area contributed by atoms with Crippen LogP contribution in [0.3, 0.4) is 0 Å². The molecule has 114 valence electrons. The highest BCUT2D eigenvalue weighted by molar-refractivity contribution is 5.98. The van der Waals surface area contributed by atoms with Crippen LogP contribution in [0.5, 0.6) is 0 Å². The van der Waals surface area contributed by atoms with Gasteiger partial charge in [-0.1, -0.05) is 40.0 Å². The molecule has 4 nitrogen and oxygen atoms in total. The normalized spacial score (nSPS) is 30.2. The molecule has 2 amide bonds. The van der Waals surface area contributed by atoms with Crippen LogP contribution in [0.4, 0.5) is 0 Å². The van der Waals surface area contributed by atoms with Gasteiger partial charge in [0, 0.05) is 6.04 Å². The number of piperazine rings is 1. The van der Waals surface area contributed by atoms with E-state index in [0.29, 0.717) is 18.8 Å². The molecule has 0 aromatic rings. The molecule has 2 atom stereocenters. The number of hydrogen-bond acceptors (Lipinski definition) is 2. The zero-order valence-corrected chi connectivity index (χ0v) is 13.1. The van der Waals surface area contributed by atoms with Crippen LogP contribution in [0.2, 0.25) is 0 Å². The quantitative estimate of drug-likeness (QED) is 0.860. The van der Waals surface area contributed by atoms with E-state index >= 15 is 0 Å². The molecule has 0 spiro atoms. The Hall–Kier alpha value is -1.06. The Morgan fingerprint density at radius 2 is 1.80 bits per heavy atom. The van der Waals surface area contributed by atoms with Crippen molar-refractivity contribution in [2.24, 2.45) is 5.92 Å². The van der Waals surface area contributed by atoms with Crippen LogP contribution < -0.4 is 5.32 Å². The number of carbonyl (C=O) groups excluding carboxylic acids is 2. The second-order valence-corrected chi connectivity index (χ2v) is 6.29. The van der Waals surface area contributed by atoms with Gasteiger partial charge in [0.15, 0.2) is 0 Å². The van der Waals surface area contributed by atoms with E-state index < -0.39 is 5.54 Å². The van der Waals surface area contributed by atoms with Gasteiger partial charge in [-0.3, -0.25) is 9.59 Å². The molecule has 1 aliphatic carbocycles. The van der Waals surface area contributed by atoms with Crippen LogP contribution in [0.25, 0.3) is 0 Å². The SMILES string of the molecule is CCC1CCCCC1N1CC(=O)NC(CC)(CC)C1=O. The molecular weight excluding hydrogens is 252 g/mol. The zero-order valence-electron chi connectivity index (χ0n) is 13.1. The largest absolute Gasteiger partial charge is 0.340 e. The molecule has 1 saturated carbocycles. The fourth-order valence-corrected chi connectivity index (χ4v) is 3.93. The summed E-state index contributed by atoms with van der Waals surface area (Å²) < 4.78 is 0. The Labute approximate surface area is 122 Å². The Balaban J connectivity index is 2.25. The fraction of sp³-hybridized carbons (Fsp3) is 0.875. The second kappa shape index (κ2) is 6.15. The molecule has 0 radical (unpaired) electrons. The van der Waals surface area contributed by atoms with E-state index in [2.05, 4.69) is 12.2 Å². The van der Waals surface area contributed by atoms with E-state index in [1.165, 1.54) is 19.3 Å². The van der Waals surface area contributed by atoms with Crippen molar-refractivity contribution in [2.45, 2.75) is 77.3 Å². The average Bonchev–Trinajstić information content (AvgIpc) is 2.49. The highest BCUT2D eigenvalue weighted by Gasteiger charge is 2.47. The summed E-state index contributed by atoms with van der Waals surface area (Å²) in [6.07, 6.45) is 7.14. The highest BCUT2D eigenvalue weighted by Crippen LogP contribution is 2.34. The maximum absolute atomic E-state index is 12.9. The summed E-state index contributed by atoms with van der Waals surface area (Å²) in [7, 11) is 0. The van der Waals surface area contributed by atoms with Crippen molar-refractivity contribution in [1.29, 1.82) is 0 Å². The lowest BCUT2D eigenvalue weighted by Gasteiger charge is -2.47. The maximum Gasteiger partial charge on any atom is 0.249 e. The van der Waals surface area contributed by atoms with Crippen LogP contribution in [0, 0.1) is 5.92 Å². The molecule has 0 bridgehead atoms. The summed E-state index contributed by atoms with van der Waals surface area (Å²) in [5.74, 6) is 0.714. The molecule has 0 aromatic carbocycles. The molecule has 2 unspecified atom stereocenters. The summed E-state index contributed by atoms with van der Waals surface area (Å²) in [4.78, 5) is 26.9. The Morgan fingerprint density at radius 1 is 1.15 bits per heavy atom. The monoisotopic (exact) mass is 280 g/mol. The van der Waals surface area contributed by atoms with Gasteiger partial charge in [0.25, 0.3) is 0 Å². The van der Waals surface area contributed by atoms with E-state index in [1.54, 1.807) is 0 Å². The third kappa shape index (κ3) is 2.57. The first-order valence-corrected chi connectivity index (χ1v) is 8.20. The first kappa shape index (κ1) is 15.3. The van der Waals surface area contributed by atoms with Gasteiger partial charge in [0.2, 0.25) is 11.8 Å². The third-order valence-electron chi connectivity index (χ3n) is 5.36. The van der Waals surface area contributed by atoms with Crippen molar-refractivity contribution >= 4 is 11.8 Å². The van der Waals surface area contributed by atoms with E-state index in [4.69, 9.17) is 0 Å². The molecule has 1 aliphatic heterocycles. The number of hydrogen-bond donors (Lipinski definition) is 1. The van der Waals surface area contributed by atoms with Crippen molar-refractivity contribution in [3.63, 3.8) is 0 Å². The standard InChI is InChI=1S/C16H28N2O2/c1-4-12-9-7-8-10-13(12)18-11-14(19)17-16(5-2,6-3)15(18)20/h12-13H,4-11H2,1-3H3,(H,17,19).